The lowest BCUT2D eigenvalue weighted by Crippen LogP contribution is -2.29. The minimum atomic E-state index is 0.264. The smallest absolute Gasteiger partial charge is 0.129 e. The Morgan fingerprint density at radius 1 is 1.25 bits per heavy atom. The van der Waals surface area contributed by atoms with E-state index in [0.29, 0.717) is 0 Å². The highest BCUT2D eigenvalue weighted by atomic mass is 14.9. The van der Waals surface area contributed by atoms with Gasteiger partial charge in [0.2, 0.25) is 0 Å². The minimum Gasteiger partial charge on any atom is -0.314 e. The molecule has 0 saturated heterocycles. The fraction of sp³-hybridized carbons (Fsp3) is 0.765. The third-order valence-corrected chi connectivity index (χ3v) is 4.26. The zero-order valence-electron chi connectivity index (χ0n) is 13.1. The molecule has 3 rings (SSSR count). The van der Waals surface area contributed by atoms with Gasteiger partial charge < -0.3 is 5.32 Å². The van der Waals surface area contributed by atoms with Crippen LogP contribution in [0.5, 0.6) is 0 Å². The summed E-state index contributed by atoms with van der Waals surface area (Å²) in [5.41, 5.74) is 2.96. The highest BCUT2D eigenvalue weighted by molar-refractivity contribution is 5.21. The van der Waals surface area contributed by atoms with Crippen molar-refractivity contribution in [2.75, 3.05) is 6.54 Å². The number of rotatable bonds is 4. The van der Waals surface area contributed by atoms with E-state index in [-0.39, 0.29) is 5.41 Å². The molecular weight excluding hydrogens is 246 g/mol. The number of hydrogen-bond donors (Lipinski definition) is 1. The van der Waals surface area contributed by atoms with Gasteiger partial charge in [-0.2, -0.15) is 0 Å². The Balaban J connectivity index is 1.62. The summed E-state index contributed by atoms with van der Waals surface area (Å²) >= 11 is 0. The molecule has 0 bridgehead atoms. The zero-order valence-corrected chi connectivity index (χ0v) is 13.1. The van der Waals surface area contributed by atoms with Gasteiger partial charge >= 0.3 is 0 Å². The summed E-state index contributed by atoms with van der Waals surface area (Å²) in [6.45, 7) is 7.91. The molecule has 2 aliphatic carbocycles. The molecule has 3 heteroatoms. The van der Waals surface area contributed by atoms with Gasteiger partial charge in [0.25, 0.3) is 0 Å². The molecule has 20 heavy (non-hydrogen) atoms. The van der Waals surface area contributed by atoms with Gasteiger partial charge in [0.15, 0.2) is 0 Å². The number of fused-ring (bicyclic) bond motifs is 1. The first-order valence-corrected chi connectivity index (χ1v) is 8.07. The van der Waals surface area contributed by atoms with Crippen LogP contribution in [-0.2, 0) is 19.3 Å². The van der Waals surface area contributed by atoms with Crippen LogP contribution in [0.1, 0.15) is 57.1 Å². The van der Waals surface area contributed by atoms with E-state index in [9.17, 15) is 0 Å². The number of nitrogens with one attached hydrogen (secondary N) is 1. The second-order valence-corrected chi connectivity index (χ2v) is 7.79. The van der Waals surface area contributed by atoms with Crippen molar-refractivity contribution >= 4 is 0 Å². The van der Waals surface area contributed by atoms with Crippen LogP contribution in [0, 0.1) is 11.3 Å². The lowest BCUT2D eigenvalue weighted by molar-refractivity contribution is 0.393. The largest absolute Gasteiger partial charge is 0.314 e. The second kappa shape index (κ2) is 5.44. The number of nitrogens with zero attached hydrogens (tertiary/aromatic N) is 2. The first-order valence-electron chi connectivity index (χ1n) is 8.07. The quantitative estimate of drug-likeness (QED) is 0.916. The van der Waals surface area contributed by atoms with Crippen molar-refractivity contribution in [1.82, 2.24) is 15.3 Å². The molecular formula is C17H27N3. The van der Waals surface area contributed by atoms with E-state index in [2.05, 4.69) is 37.3 Å². The van der Waals surface area contributed by atoms with Gasteiger partial charge in [-0.3, -0.25) is 0 Å². The van der Waals surface area contributed by atoms with Gasteiger partial charge in [-0.15, -0.1) is 0 Å². The lowest BCUT2D eigenvalue weighted by Gasteiger charge is -2.25. The average Bonchev–Trinajstić information content (AvgIpc) is 3.18. The maximum absolute atomic E-state index is 4.81. The van der Waals surface area contributed by atoms with Crippen LogP contribution in [0.15, 0.2) is 6.20 Å². The summed E-state index contributed by atoms with van der Waals surface area (Å²) in [7, 11) is 0. The van der Waals surface area contributed by atoms with Crippen molar-refractivity contribution in [1.29, 1.82) is 0 Å². The minimum absolute atomic E-state index is 0.264. The van der Waals surface area contributed by atoms with E-state index in [4.69, 9.17) is 4.98 Å². The molecule has 1 N–H and O–H groups in total. The molecule has 0 aliphatic heterocycles. The first kappa shape index (κ1) is 14.0. The van der Waals surface area contributed by atoms with Crippen LogP contribution in [0.25, 0.3) is 0 Å². The molecule has 2 aliphatic rings. The Hall–Kier alpha value is -0.960. The van der Waals surface area contributed by atoms with Crippen LogP contribution in [0.2, 0.25) is 0 Å². The van der Waals surface area contributed by atoms with Crippen molar-refractivity contribution < 1.29 is 0 Å². The molecule has 1 atom stereocenters. The van der Waals surface area contributed by atoms with E-state index in [1.165, 1.54) is 37.1 Å². The summed E-state index contributed by atoms with van der Waals surface area (Å²) in [6, 6.07) is 0.821. The van der Waals surface area contributed by atoms with E-state index in [1.807, 2.05) is 0 Å². The topological polar surface area (TPSA) is 37.8 Å². The zero-order chi connectivity index (χ0) is 14.2. The predicted molar refractivity (Wildman–Crippen MR) is 81.7 cm³/mol. The molecule has 1 aromatic rings. The normalized spacial score (nSPS) is 22.6. The maximum Gasteiger partial charge on any atom is 0.129 e. The fourth-order valence-electron chi connectivity index (χ4n) is 2.98. The van der Waals surface area contributed by atoms with E-state index in [0.717, 1.165) is 37.0 Å². The summed E-state index contributed by atoms with van der Waals surface area (Å²) < 4.78 is 0. The molecule has 0 radical (unpaired) electrons. The lowest BCUT2D eigenvalue weighted by atomic mass is 9.86. The van der Waals surface area contributed by atoms with E-state index in [1.54, 1.807) is 0 Å². The predicted octanol–water partition coefficient (Wildman–Crippen LogP) is 2.92. The molecule has 1 fully saturated rings. The third kappa shape index (κ3) is 3.78. The summed E-state index contributed by atoms with van der Waals surface area (Å²) in [4.78, 5) is 9.40. The highest BCUT2D eigenvalue weighted by Crippen LogP contribution is 2.26. The average molecular weight is 273 g/mol. The van der Waals surface area contributed by atoms with Gasteiger partial charge in [-0.05, 0) is 55.5 Å². The van der Waals surface area contributed by atoms with Crippen molar-refractivity contribution in [3.63, 3.8) is 0 Å². The van der Waals surface area contributed by atoms with Crippen LogP contribution < -0.4 is 5.32 Å². The molecule has 1 saturated carbocycles. The number of aryl methyl sites for hydroxylation is 1. The molecule has 1 unspecified atom stereocenters. The first-order chi connectivity index (χ1) is 9.49. The van der Waals surface area contributed by atoms with E-state index < -0.39 is 0 Å². The van der Waals surface area contributed by atoms with Crippen molar-refractivity contribution in [2.24, 2.45) is 11.3 Å². The van der Waals surface area contributed by atoms with Gasteiger partial charge in [0.05, 0.1) is 0 Å². The van der Waals surface area contributed by atoms with Crippen LogP contribution in [0.3, 0.4) is 0 Å². The number of aromatic nitrogens is 2. The van der Waals surface area contributed by atoms with Crippen LogP contribution in [-0.4, -0.2) is 22.6 Å². The molecule has 0 aromatic carbocycles. The molecule has 0 spiro atoms. The summed E-state index contributed by atoms with van der Waals surface area (Å²) in [6.07, 6.45) is 9.38. The van der Waals surface area contributed by atoms with Gasteiger partial charge in [-0.25, -0.2) is 9.97 Å². The van der Waals surface area contributed by atoms with Crippen molar-refractivity contribution in [3.8, 4) is 0 Å². The van der Waals surface area contributed by atoms with Gasteiger partial charge in [0, 0.05) is 24.4 Å². The fourth-order valence-corrected chi connectivity index (χ4v) is 2.98. The third-order valence-electron chi connectivity index (χ3n) is 4.26. The summed E-state index contributed by atoms with van der Waals surface area (Å²) in [5.74, 6) is 1.80. The Morgan fingerprint density at radius 3 is 2.75 bits per heavy atom. The number of hydrogen-bond acceptors (Lipinski definition) is 3. The Kier molecular flexibility index (Phi) is 3.80. The Labute approximate surface area is 122 Å². The Morgan fingerprint density at radius 2 is 2.05 bits per heavy atom. The van der Waals surface area contributed by atoms with Crippen molar-refractivity contribution in [3.05, 3.63) is 23.3 Å². The van der Waals surface area contributed by atoms with E-state index >= 15 is 0 Å². The molecule has 1 heterocycles. The highest BCUT2D eigenvalue weighted by Gasteiger charge is 2.25. The Bertz CT molecular complexity index is 472. The molecule has 1 aromatic heterocycles. The molecule has 110 valence electrons. The molecule has 0 amide bonds. The van der Waals surface area contributed by atoms with Crippen molar-refractivity contribution in [2.45, 2.75) is 65.3 Å². The summed E-state index contributed by atoms with van der Waals surface area (Å²) in [5, 5.41) is 3.66. The van der Waals surface area contributed by atoms with Gasteiger partial charge in [-0.1, -0.05) is 20.8 Å². The van der Waals surface area contributed by atoms with Crippen LogP contribution >= 0.6 is 0 Å². The molecule has 3 nitrogen and oxygen atoms in total. The van der Waals surface area contributed by atoms with Crippen LogP contribution in [0.4, 0.5) is 0 Å². The maximum atomic E-state index is 4.81. The SMILES string of the molecule is CC(C)(C)Cc1ncc2c(n1)CCC(CNC1CC1)C2. The standard InChI is InChI=1S/C17H27N3/c1-17(2,3)9-16-19-11-13-8-12(4-7-15(13)20-16)10-18-14-5-6-14/h11-12,14,18H,4-10H2,1-3H3. The second-order valence-electron chi connectivity index (χ2n) is 7.79. The van der Waals surface area contributed by atoms with Gasteiger partial charge in [0.1, 0.15) is 5.82 Å². The monoisotopic (exact) mass is 273 g/mol.